The fraction of sp³-hybridized carbons (Fsp3) is 0.875. The van der Waals surface area contributed by atoms with Gasteiger partial charge in [-0.25, -0.2) is 0 Å². The first kappa shape index (κ1) is 33.7. The Morgan fingerprint density at radius 1 is 0.763 bits per heavy atom. The minimum absolute atomic E-state index is 0.197. The molecule has 2 aliphatic rings. The number of unbranched alkanes of at least 4 members (excludes halogenated alkanes) is 4. The first-order valence-electron chi connectivity index (χ1n) is 15.6. The third-order valence-corrected chi connectivity index (χ3v) is 9.66. The molecular weight excluding hydrogens is 470 g/mol. The van der Waals surface area contributed by atoms with Crippen molar-refractivity contribution in [3.05, 3.63) is 24.3 Å². The molecule has 3 atom stereocenters. The summed E-state index contributed by atoms with van der Waals surface area (Å²) in [5.41, 5.74) is 0.222. The molecule has 0 radical (unpaired) electrons. The molecule has 2 fully saturated rings. The number of allylic oxidation sites excluding steroid dienone is 3. The van der Waals surface area contributed by atoms with Crippen molar-refractivity contribution in [3.8, 4) is 0 Å². The SMILES string of the molecule is C=CCCCCC(C)C/C(=C\C(CCCCC)C(C)B1OC(C)(C)C(C)(C)O1)CB1OC(C)(C)C(C)(C)O1. The third-order valence-electron chi connectivity index (χ3n) is 9.66. The van der Waals surface area contributed by atoms with E-state index in [0.29, 0.717) is 11.8 Å². The average Bonchev–Trinajstić information content (AvgIpc) is 3.14. The molecule has 0 aromatic rings. The van der Waals surface area contributed by atoms with E-state index in [1.54, 1.807) is 0 Å². The van der Waals surface area contributed by atoms with E-state index in [4.69, 9.17) is 18.6 Å². The number of hydrogen-bond donors (Lipinski definition) is 0. The van der Waals surface area contributed by atoms with Crippen molar-refractivity contribution in [2.75, 3.05) is 0 Å². The van der Waals surface area contributed by atoms with Gasteiger partial charge in [-0.1, -0.05) is 70.6 Å². The Hall–Kier alpha value is -0.550. The summed E-state index contributed by atoms with van der Waals surface area (Å²) in [6, 6.07) is 0. The summed E-state index contributed by atoms with van der Waals surface area (Å²) in [4.78, 5) is 0. The normalized spacial score (nSPS) is 24.4. The van der Waals surface area contributed by atoms with E-state index in [2.05, 4.69) is 88.8 Å². The molecule has 3 unspecified atom stereocenters. The van der Waals surface area contributed by atoms with E-state index in [1.807, 2.05) is 6.08 Å². The molecule has 218 valence electrons. The molecule has 0 spiro atoms. The Bertz CT molecular complexity index is 741. The van der Waals surface area contributed by atoms with Crippen LogP contribution in [0.15, 0.2) is 24.3 Å². The summed E-state index contributed by atoms with van der Waals surface area (Å²) in [5.74, 6) is 1.28. The maximum absolute atomic E-state index is 6.53. The Morgan fingerprint density at radius 3 is 1.82 bits per heavy atom. The van der Waals surface area contributed by atoms with E-state index in [9.17, 15) is 0 Å². The summed E-state index contributed by atoms with van der Waals surface area (Å²) in [6.45, 7) is 28.1. The van der Waals surface area contributed by atoms with Crippen LogP contribution in [0.4, 0.5) is 0 Å². The fourth-order valence-electron chi connectivity index (χ4n) is 5.55. The highest BCUT2D eigenvalue weighted by Crippen LogP contribution is 2.44. The molecule has 0 N–H and O–H groups in total. The second-order valence-electron chi connectivity index (χ2n) is 14.2. The summed E-state index contributed by atoms with van der Waals surface area (Å²) in [7, 11) is -0.403. The highest BCUT2D eigenvalue weighted by molar-refractivity contribution is 6.47. The maximum Gasteiger partial charge on any atom is 0.462 e. The zero-order valence-electron chi connectivity index (χ0n) is 27.0. The van der Waals surface area contributed by atoms with Crippen molar-refractivity contribution in [1.82, 2.24) is 0 Å². The van der Waals surface area contributed by atoms with Gasteiger partial charge in [0.2, 0.25) is 0 Å². The summed E-state index contributed by atoms with van der Waals surface area (Å²) in [6.07, 6.45) is 16.2. The lowest BCUT2D eigenvalue weighted by molar-refractivity contribution is 0.00578. The van der Waals surface area contributed by atoms with Gasteiger partial charge in [-0.15, -0.1) is 6.58 Å². The Morgan fingerprint density at radius 2 is 1.29 bits per heavy atom. The quantitative estimate of drug-likeness (QED) is 0.113. The molecule has 0 aromatic carbocycles. The maximum atomic E-state index is 6.53. The van der Waals surface area contributed by atoms with Gasteiger partial charge in [0, 0.05) is 6.32 Å². The lowest BCUT2D eigenvalue weighted by atomic mass is 9.63. The molecule has 0 bridgehead atoms. The summed E-state index contributed by atoms with van der Waals surface area (Å²) < 4.78 is 26.0. The van der Waals surface area contributed by atoms with Crippen LogP contribution in [0.1, 0.15) is 134 Å². The lowest BCUT2D eigenvalue weighted by Gasteiger charge is -2.32. The standard InChI is InChI=1S/C32H60B2O4/c1-13-15-17-19-20-25(3)22-27(24-33-35-29(5,6)30(7,8)36-33)23-28(21-18-16-14-2)26(4)34-37-31(9,10)32(11,12)38-34/h13,23,25-26,28H,1,14-22,24H2,2-12H3/b27-23+. The lowest BCUT2D eigenvalue weighted by Crippen LogP contribution is -2.41. The van der Waals surface area contributed by atoms with Crippen molar-refractivity contribution < 1.29 is 18.6 Å². The molecule has 0 aliphatic carbocycles. The number of rotatable bonds is 16. The van der Waals surface area contributed by atoms with Crippen LogP contribution in [0.3, 0.4) is 0 Å². The topological polar surface area (TPSA) is 36.9 Å². The van der Waals surface area contributed by atoms with E-state index in [0.717, 1.165) is 25.6 Å². The summed E-state index contributed by atoms with van der Waals surface area (Å²) >= 11 is 0. The van der Waals surface area contributed by atoms with Gasteiger partial charge < -0.3 is 18.6 Å². The zero-order chi connectivity index (χ0) is 28.8. The van der Waals surface area contributed by atoms with E-state index < -0.39 is 0 Å². The Labute approximate surface area is 237 Å². The van der Waals surface area contributed by atoms with Gasteiger partial charge in [0.15, 0.2) is 0 Å². The van der Waals surface area contributed by atoms with Crippen LogP contribution in [-0.4, -0.2) is 36.6 Å². The van der Waals surface area contributed by atoms with Gasteiger partial charge in [0.1, 0.15) is 0 Å². The van der Waals surface area contributed by atoms with Crippen LogP contribution in [-0.2, 0) is 18.6 Å². The van der Waals surface area contributed by atoms with Crippen LogP contribution in [0.5, 0.6) is 0 Å². The first-order chi connectivity index (χ1) is 17.5. The predicted octanol–water partition coefficient (Wildman–Crippen LogP) is 9.46. The molecule has 0 saturated carbocycles. The van der Waals surface area contributed by atoms with Crippen molar-refractivity contribution >= 4 is 14.2 Å². The predicted molar refractivity (Wildman–Crippen MR) is 165 cm³/mol. The molecule has 0 amide bonds. The largest absolute Gasteiger partial charge is 0.462 e. The molecule has 6 heteroatoms. The smallest absolute Gasteiger partial charge is 0.403 e. The van der Waals surface area contributed by atoms with Crippen molar-refractivity contribution in [3.63, 3.8) is 0 Å². The van der Waals surface area contributed by atoms with Crippen LogP contribution in [0.25, 0.3) is 0 Å². The second kappa shape index (κ2) is 13.9. The first-order valence-corrected chi connectivity index (χ1v) is 15.6. The van der Waals surface area contributed by atoms with Crippen molar-refractivity contribution in [1.29, 1.82) is 0 Å². The van der Waals surface area contributed by atoms with Gasteiger partial charge in [-0.05, 0) is 98.7 Å². The van der Waals surface area contributed by atoms with Crippen LogP contribution in [0.2, 0.25) is 12.1 Å². The third kappa shape index (κ3) is 8.98. The molecule has 2 rings (SSSR count). The van der Waals surface area contributed by atoms with Crippen LogP contribution in [0, 0.1) is 11.8 Å². The average molecular weight is 530 g/mol. The van der Waals surface area contributed by atoms with Crippen molar-refractivity contribution in [2.24, 2.45) is 11.8 Å². The van der Waals surface area contributed by atoms with E-state index >= 15 is 0 Å². The van der Waals surface area contributed by atoms with Gasteiger partial charge in [-0.3, -0.25) is 0 Å². The number of hydrogen-bond acceptors (Lipinski definition) is 4. The second-order valence-corrected chi connectivity index (χ2v) is 14.2. The molecule has 2 heterocycles. The molecule has 2 aliphatic heterocycles. The fourth-order valence-corrected chi connectivity index (χ4v) is 5.55. The van der Waals surface area contributed by atoms with E-state index in [-0.39, 0.29) is 42.5 Å². The minimum Gasteiger partial charge on any atom is -0.403 e. The Kier molecular flexibility index (Phi) is 12.3. The highest BCUT2D eigenvalue weighted by atomic mass is 16.7. The minimum atomic E-state index is -0.310. The Balaban J connectivity index is 2.28. The van der Waals surface area contributed by atoms with Crippen LogP contribution < -0.4 is 0 Å². The van der Waals surface area contributed by atoms with Gasteiger partial charge in [0.25, 0.3) is 0 Å². The molecule has 38 heavy (non-hydrogen) atoms. The molecule has 4 nitrogen and oxygen atoms in total. The van der Waals surface area contributed by atoms with Gasteiger partial charge >= 0.3 is 14.2 Å². The highest BCUT2D eigenvalue weighted by Gasteiger charge is 2.54. The van der Waals surface area contributed by atoms with Crippen LogP contribution >= 0.6 is 0 Å². The van der Waals surface area contributed by atoms with E-state index in [1.165, 1.54) is 44.1 Å². The molecular formula is C32H60B2O4. The molecule has 2 saturated heterocycles. The van der Waals surface area contributed by atoms with Gasteiger partial charge in [0.05, 0.1) is 22.4 Å². The molecule has 0 aromatic heterocycles. The van der Waals surface area contributed by atoms with Gasteiger partial charge in [-0.2, -0.15) is 0 Å². The monoisotopic (exact) mass is 530 g/mol. The summed E-state index contributed by atoms with van der Waals surface area (Å²) in [5, 5.41) is 0. The van der Waals surface area contributed by atoms with Crippen molar-refractivity contribution in [2.45, 2.75) is 168 Å². The zero-order valence-corrected chi connectivity index (χ0v) is 27.0.